The van der Waals surface area contributed by atoms with Crippen molar-refractivity contribution in [3.05, 3.63) is 12.7 Å². The minimum absolute atomic E-state index is 0.0610. The first-order valence-electron chi connectivity index (χ1n) is 4.00. The van der Waals surface area contributed by atoms with E-state index in [4.69, 9.17) is 5.73 Å². The first kappa shape index (κ1) is 11.0. The van der Waals surface area contributed by atoms with E-state index in [1.54, 1.807) is 7.05 Å². The fourth-order valence-corrected chi connectivity index (χ4v) is 1.18. The number of amides is 2. The number of rotatable bonds is 4. The van der Waals surface area contributed by atoms with Crippen LogP contribution in [0.25, 0.3) is 0 Å². The molecule has 70 valence electrons. The van der Waals surface area contributed by atoms with Crippen LogP contribution in [0.2, 0.25) is 0 Å². The maximum Gasteiger partial charge on any atom is 0.314 e. The highest BCUT2D eigenvalue weighted by atomic mass is 16.2. The summed E-state index contributed by atoms with van der Waals surface area (Å²) in [5.41, 5.74) is 5.16. The standard InChI is InChI=1S/C9H18N2O/c1-5-6-9(2,3)7-11(4)8(10)12/h5H,1,6-7H2,2-4H3,(H2,10,12). The van der Waals surface area contributed by atoms with Crippen molar-refractivity contribution in [1.82, 2.24) is 4.90 Å². The minimum atomic E-state index is -0.382. The molecule has 2 amide bonds. The van der Waals surface area contributed by atoms with Gasteiger partial charge >= 0.3 is 6.03 Å². The molecule has 0 spiro atoms. The van der Waals surface area contributed by atoms with Gasteiger partial charge in [-0.15, -0.1) is 6.58 Å². The van der Waals surface area contributed by atoms with E-state index in [0.29, 0.717) is 6.54 Å². The fourth-order valence-electron chi connectivity index (χ4n) is 1.18. The molecule has 0 aliphatic rings. The van der Waals surface area contributed by atoms with Crippen LogP contribution in [0.5, 0.6) is 0 Å². The normalized spacial score (nSPS) is 10.9. The van der Waals surface area contributed by atoms with Gasteiger partial charge in [-0.05, 0) is 11.8 Å². The summed E-state index contributed by atoms with van der Waals surface area (Å²) in [6, 6.07) is -0.382. The van der Waals surface area contributed by atoms with Crippen LogP contribution in [0.4, 0.5) is 4.79 Å². The summed E-state index contributed by atoms with van der Waals surface area (Å²) in [7, 11) is 1.70. The van der Waals surface area contributed by atoms with Crippen molar-refractivity contribution in [3.63, 3.8) is 0 Å². The largest absolute Gasteiger partial charge is 0.351 e. The second-order valence-electron chi connectivity index (χ2n) is 3.85. The maximum atomic E-state index is 10.7. The lowest BCUT2D eigenvalue weighted by Gasteiger charge is -2.28. The average molecular weight is 170 g/mol. The summed E-state index contributed by atoms with van der Waals surface area (Å²) in [5.74, 6) is 0. The summed E-state index contributed by atoms with van der Waals surface area (Å²) in [6.45, 7) is 8.48. The smallest absolute Gasteiger partial charge is 0.314 e. The summed E-state index contributed by atoms with van der Waals surface area (Å²) in [4.78, 5) is 12.2. The molecule has 0 unspecified atom stereocenters. The van der Waals surface area contributed by atoms with Crippen molar-refractivity contribution in [2.24, 2.45) is 11.1 Å². The van der Waals surface area contributed by atoms with Gasteiger partial charge in [0, 0.05) is 13.6 Å². The lowest BCUT2D eigenvalue weighted by Crippen LogP contribution is -2.38. The van der Waals surface area contributed by atoms with E-state index < -0.39 is 0 Å². The molecule has 0 aromatic rings. The quantitative estimate of drug-likeness (QED) is 0.640. The van der Waals surface area contributed by atoms with Crippen molar-refractivity contribution < 1.29 is 4.79 Å². The number of primary amides is 1. The summed E-state index contributed by atoms with van der Waals surface area (Å²) in [6.07, 6.45) is 2.74. The molecule has 0 saturated heterocycles. The third-order valence-electron chi connectivity index (χ3n) is 1.74. The molecular formula is C9H18N2O. The number of nitrogens with zero attached hydrogens (tertiary/aromatic N) is 1. The molecule has 0 saturated carbocycles. The Kier molecular flexibility index (Phi) is 3.80. The molecule has 0 aliphatic carbocycles. The van der Waals surface area contributed by atoms with Crippen LogP contribution >= 0.6 is 0 Å². The molecule has 0 fully saturated rings. The Hall–Kier alpha value is -0.990. The molecule has 0 aliphatic heterocycles. The fraction of sp³-hybridized carbons (Fsp3) is 0.667. The highest BCUT2D eigenvalue weighted by molar-refractivity contribution is 5.71. The molecular weight excluding hydrogens is 152 g/mol. The average Bonchev–Trinajstić information content (AvgIpc) is 1.85. The molecule has 12 heavy (non-hydrogen) atoms. The van der Waals surface area contributed by atoms with Gasteiger partial charge in [-0.25, -0.2) is 4.79 Å². The van der Waals surface area contributed by atoms with Crippen LogP contribution in [0.15, 0.2) is 12.7 Å². The van der Waals surface area contributed by atoms with Gasteiger partial charge in [0.1, 0.15) is 0 Å². The van der Waals surface area contributed by atoms with E-state index in [9.17, 15) is 4.79 Å². The second-order valence-corrected chi connectivity index (χ2v) is 3.85. The minimum Gasteiger partial charge on any atom is -0.351 e. The zero-order valence-electron chi connectivity index (χ0n) is 8.13. The van der Waals surface area contributed by atoms with Gasteiger partial charge < -0.3 is 10.6 Å². The van der Waals surface area contributed by atoms with Gasteiger partial charge in [-0.3, -0.25) is 0 Å². The van der Waals surface area contributed by atoms with Crippen LogP contribution < -0.4 is 5.73 Å². The van der Waals surface area contributed by atoms with E-state index in [0.717, 1.165) is 6.42 Å². The Morgan fingerprint density at radius 2 is 2.17 bits per heavy atom. The van der Waals surface area contributed by atoms with Crippen LogP contribution in [0, 0.1) is 5.41 Å². The van der Waals surface area contributed by atoms with Crippen molar-refractivity contribution in [2.45, 2.75) is 20.3 Å². The molecule has 2 N–H and O–H groups in total. The summed E-state index contributed by atoms with van der Waals surface area (Å²) < 4.78 is 0. The topological polar surface area (TPSA) is 46.3 Å². The van der Waals surface area contributed by atoms with E-state index in [1.165, 1.54) is 4.90 Å². The summed E-state index contributed by atoms with van der Waals surface area (Å²) >= 11 is 0. The Morgan fingerprint density at radius 3 is 2.50 bits per heavy atom. The predicted octanol–water partition coefficient (Wildman–Crippen LogP) is 1.60. The Labute approximate surface area is 74.2 Å². The second kappa shape index (κ2) is 4.14. The first-order valence-corrected chi connectivity index (χ1v) is 4.00. The Balaban J connectivity index is 4.04. The van der Waals surface area contributed by atoms with Gasteiger partial charge in [0.25, 0.3) is 0 Å². The zero-order chi connectivity index (χ0) is 9.78. The molecule has 0 heterocycles. The predicted molar refractivity (Wildman–Crippen MR) is 50.8 cm³/mol. The van der Waals surface area contributed by atoms with Crippen LogP contribution in [0.1, 0.15) is 20.3 Å². The van der Waals surface area contributed by atoms with Gasteiger partial charge in [-0.2, -0.15) is 0 Å². The molecule has 0 bridgehead atoms. The zero-order valence-corrected chi connectivity index (χ0v) is 8.13. The van der Waals surface area contributed by atoms with E-state index >= 15 is 0 Å². The van der Waals surface area contributed by atoms with Crippen molar-refractivity contribution in [3.8, 4) is 0 Å². The number of carbonyl (C=O) groups excluding carboxylic acids is 1. The van der Waals surface area contributed by atoms with Gasteiger partial charge in [0.2, 0.25) is 0 Å². The van der Waals surface area contributed by atoms with E-state index in [1.807, 2.05) is 6.08 Å². The van der Waals surface area contributed by atoms with Crippen molar-refractivity contribution in [2.75, 3.05) is 13.6 Å². The highest BCUT2D eigenvalue weighted by Crippen LogP contribution is 2.21. The Morgan fingerprint density at radius 1 is 1.67 bits per heavy atom. The number of hydrogen-bond donors (Lipinski definition) is 1. The number of allylic oxidation sites excluding steroid dienone is 1. The van der Waals surface area contributed by atoms with Gasteiger partial charge in [-0.1, -0.05) is 19.9 Å². The maximum absolute atomic E-state index is 10.7. The van der Waals surface area contributed by atoms with E-state index in [2.05, 4.69) is 20.4 Å². The van der Waals surface area contributed by atoms with E-state index in [-0.39, 0.29) is 11.4 Å². The summed E-state index contributed by atoms with van der Waals surface area (Å²) in [5, 5.41) is 0. The third-order valence-corrected chi connectivity index (χ3v) is 1.74. The number of nitrogens with two attached hydrogens (primary N) is 1. The van der Waals surface area contributed by atoms with Crippen LogP contribution in [-0.4, -0.2) is 24.5 Å². The number of carbonyl (C=O) groups is 1. The van der Waals surface area contributed by atoms with Gasteiger partial charge in [0.15, 0.2) is 0 Å². The monoisotopic (exact) mass is 170 g/mol. The first-order chi connectivity index (χ1) is 5.39. The third kappa shape index (κ3) is 4.01. The molecule has 3 heteroatoms. The highest BCUT2D eigenvalue weighted by Gasteiger charge is 2.19. The lowest BCUT2D eigenvalue weighted by molar-refractivity contribution is 0.192. The van der Waals surface area contributed by atoms with Crippen molar-refractivity contribution >= 4 is 6.03 Å². The van der Waals surface area contributed by atoms with Crippen LogP contribution in [0.3, 0.4) is 0 Å². The van der Waals surface area contributed by atoms with Crippen LogP contribution in [-0.2, 0) is 0 Å². The number of hydrogen-bond acceptors (Lipinski definition) is 1. The molecule has 0 radical (unpaired) electrons. The molecule has 0 rings (SSSR count). The molecule has 3 nitrogen and oxygen atoms in total. The van der Waals surface area contributed by atoms with Crippen molar-refractivity contribution in [1.29, 1.82) is 0 Å². The molecule has 0 aromatic carbocycles. The lowest BCUT2D eigenvalue weighted by atomic mass is 9.89. The molecule has 0 atom stereocenters. The van der Waals surface area contributed by atoms with Gasteiger partial charge in [0.05, 0.1) is 0 Å². The number of urea groups is 1. The molecule has 0 aromatic heterocycles. The SMILES string of the molecule is C=CCC(C)(C)CN(C)C(N)=O. The Bertz CT molecular complexity index is 175.